The molecule has 2 aliphatic heterocycles. The number of rotatable bonds is 4. The second-order valence-electron chi connectivity index (χ2n) is 7.51. The van der Waals surface area contributed by atoms with Crippen LogP contribution in [0.5, 0.6) is 0 Å². The van der Waals surface area contributed by atoms with Gasteiger partial charge in [0.2, 0.25) is 5.91 Å². The van der Waals surface area contributed by atoms with E-state index in [4.69, 9.17) is 4.74 Å². The number of benzene rings is 1. The first-order chi connectivity index (χ1) is 13.0. The van der Waals surface area contributed by atoms with Gasteiger partial charge >= 0.3 is 0 Å². The largest absolute Gasteiger partial charge is 0.384 e. The van der Waals surface area contributed by atoms with E-state index in [1.165, 1.54) is 6.07 Å². The topological polar surface area (TPSA) is 61.9 Å². The van der Waals surface area contributed by atoms with Gasteiger partial charge in [0.05, 0.1) is 12.0 Å². The minimum Gasteiger partial charge on any atom is -0.384 e. The molecule has 1 aromatic carbocycles. The fraction of sp³-hybridized carbons (Fsp3) is 0.600. The highest BCUT2D eigenvalue weighted by Gasteiger charge is 2.43. The van der Waals surface area contributed by atoms with Crippen molar-refractivity contribution in [3.05, 3.63) is 35.1 Å². The first-order valence-corrected chi connectivity index (χ1v) is 9.51. The van der Waals surface area contributed by atoms with Crippen LogP contribution in [0.15, 0.2) is 18.2 Å². The molecule has 2 aliphatic rings. The summed E-state index contributed by atoms with van der Waals surface area (Å²) in [6, 6.07) is 4.56. The summed E-state index contributed by atoms with van der Waals surface area (Å²) in [4.78, 5) is 29.3. The number of nitrogens with one attached hydrogen (secondary N) is 1. The molecule has 3 rings (SSSR count). The number of aryl methyl sites for hydroxylation is 1. The fourth-order valence-electron chi connectivity index (χ4n) is 3.96. The lowest BCUT2D eigenvalue weighted by molar-refractivity contribution is -0.149. The summed E-state index contributed by atoms with van der Waals surface area (Å²) in [5, 5.41) is 3.29. The average Bonchev–Trinajstić information content (AvgIpc) is 2.70. The Morgan fingerprint density at radius 2 is 1.75 bits per heavy atom. The molecule has 0 aliphatic carbocycles. The van der Waals surface area contributed by atoms with Crippen molar-refractivity contribution in [1.82, 2.24) is 15.1 Å². The van der Waals surface area contributed by atoms with Crippen molar-refractivity contribution in [2.24, 2.45) is 5.41 Å². The van der Waals surface area contributed by atoms with Crippen molar-refractivity contribution >= 4 is 24.2 Å². The highest BCUT2D eigenvalue weighted by Crippen LogP contribution is 2.32. The maximum Gasteiger partial charge on any atom is 0.254 e. The molecule has 1 N–H and O–H groups in total. The second-order valence-corrected chi connectivity index (χ2v) is 7.51. The number of amides is 2. The van der Waals surface area contributed by atoms with Crippen LogP contribution in [-0.2, 0) is 9.53 Å². The maximum atomic E-state index is 13.8. The van der Waals surface area contributed by atoms with Crippen LogP contribution in [0.1, 0.15) is 28.8 Å². The molecule has 0 atom stereocenters. The molecule has 0 aromatic heterocycles. The minimum atomic E-state index is -0.466. The van der Waals surface area contributed by atoms with Crippen molar-refractivity contribution in [3.63, 3.8) is 0 Å². The monoisotopic (exact) mass is 413 g/mol. The van der Waals surface area contributed by atoms with Crippen molar-refractivity contribution < 1.29 is 18.7 Å². The van der Waals surface area contributed by atoms with Crippen LogP contribution in [0.3, 0.4) is 0 Å². The van der Waals surface area contributed by atoms with E-state index >= 15 is 0 Å². The Kier molecular flexibility index (Phi) is 7.80. The average molecular weight is 414 g/mol. The van der Waals surface area contributed by atoms with Crippen molar-refractivity contribution in [2.75, 3.05) is 53.0 Å². The predicted molar refractivity (Wildman–Crippen MR) is 107 cm³/mol. The molecular weight excluding hydrogens is 385 g/mol. The third kappa shape index (κ3) is 4.64. The lowest BCUT2D eigenvalue weighted by Gasteiger charge is -2.42. The van der Waals surface area contributed by atoms with Crippen LogP contribution in [0.2, 0.25) is 0 Å². The zero-order chi connectivity index (χ0) is 19.4. The van der Waals surface area contributed by atoms with Crippen LogP contribution >= 0.6 is 12.4 Å². The van der Waals surface area contributed by atoms with E-state index in [0.717, 1.165) is 25.9 Å². The first kappa shape index (κ1) is 22.6. The Bertz CT molecular complexity index is 696. The van der Waals surface area contributed by atoms with E-state index in [2.05, 4.69) is 5.32 Å². The lowest BCUT2D eigenvalue weighted by Crippen LogP contribution is -2.57. The third-order valence-corrected chi connectivity index (χ3v) is 5.71. The molecule has 0 spiro atoms. The van der Waals surface area contributed by atoms with Crippen molar-refractivity contribution in [3.8, 4) is 0 Å². The molecule has 0 radical (unpaired) electrons. The number of nitrogens with zero attached hydrogens (tertiary/aromatic N) is 2. The summed E-state index contributed by atoms with van der Waals surface area (Å²) in [6.45, 7) is 5.64. The highest BCUT2D eigenvalue weighted by molar-refractivity contribution is 5.94. The Morgan fingerprint density at radius 1 is 1.14 bits per heavy atom. The highest BCUT2D eigenvalue weighted by atomic mass is 35.5. The summed E-state index contributed by atoms with van der Waals surface area (Å²) < 4.78 is 19.1. The molecule has 28 heavy (non-hydrogen) atoms. The molecule has 156 valence electrons. The minimum absolute atomic E-state index is 0. The van der Waals surface area contributed by atoms with Crippen LogP contribution in [0.4, 0.5) is 4.39 Å². The first-order valence-electron chi connectivity index (χ1n) is 9.51. The van der Waals surface area contributed by atoms with Gasteiger partial charge in [-0.2, -0.15) is 0 Å². The van der Waals surface area contributed by atoms with Gasteiger partial charge in [-0.25, -0.2) is 4.39 Å². The summed E-state index contributed by atoms with van der Waals surface area (Å²) in [7, 11) is 1.63. The zero-order valence-electron chi connectivity index (χ0n) is 16.5. The van der Waals surface area contributed by atoms with Gasteiger partial charge in [-0.3, -0.25) is 9.59 Å². The number of halogens is 2. The summed E-state index contributed by atoms with van der Waals surface area (Å²) in [6.07, 6.45) is 1.53. The summed E-state index contributed by atoms with van der Waals surface area (Å²) in [5.41, 5.74) is 0.408. The second kappa shape index (κ2) is 9.67. The smallest absolute Gasteiger partial charge is 0.254 e. The van der Waals surface area contributed by atoms with E-state index in [-0.39, 0.29) is 30.0 Å². The van der Waals surface area contributed by atoms with Crippen molar-refractivity contribution in [2.45, 2.75) is 19.8 Å². The van der Waals surface area contributed by atoms with Gasteiger partial charge in [-0.1, -0.05) is 6.07 Å². The summed E-state index contributed by atoms with van der Waals surface area (Å²) in [5.74, 6) is -0.434. The van der Waals surface area contributed by atoms with E-state index < -0.39 is 5.41 Å². The number of methoxy groups -OCH3 is 1. The van der Waals surface area contributed by atoms with Crippen molar-refractivity contribution in [1.29, 1.82) is 0 Å². The lowest BCUT2D eigenvalue weighted by atomic mass is 9.78. The number of piperazine rings is 1. The van der Waals surface area contributed by atoms with E-state index in [1.54, 1.807) is 31.1 Å². The molecule has 0 saturated carbocycles. The number of hydrogen-bond acceptors (Lipinski definition) is 4. The maximum absolute atomic E-state index is 13.8. The predicted octanol–water partition coefficient (Wildman–Crippen LogP) is 1.86. The number of carbonyl (C=O) groups excluding carboxylic acids is 2. The number of carbonyl (C=O) groups is 2. The summed E-state index contributed by atoms with van der Waals surface area (Å²) >= 11 is 0. The Morgan fingerprint density at radius 3 is 2.32 bits per heavy atom. The van der Waals surface area contributed by atoms with Gasteiger partial charge in [0.1, 0.15) is 5.82 Å². The van der Waals surface area contributed by atoms with Gasteiger partial charge in [-0.05, 0) is 50.6 Å². The van der Waals surface area contributed by atoms with Crippen LogP contribution in [0.25, 0.3) is 0 Å². The van der Waals surface area contributed by atoms with Crippen LogP contribution in [0, 0.1) is 18.2 Å². The van der Waals surface area contributed by atoms with Gasteiger partial charge in [0, 0.05) is 38.9 Å². The number of hydrogen-bond donors (Lipinski definition) is 1. The third-order valence-electron chi connectivity index (χ3n) is 5.71. The standard InChI is InChI=1S/C20H28FN3O3.ClH/c1-15-3-4-16(13-17(15)21)18(25)23-9-11-24(12-10-23)19(26)20(14-27-2)5-7-22-8-6-20;/h3-4,13,22H,5-12,14H2,1-2H3;1H. The van der Waals surface area contributed by atoms with E-state index in [0.29, 0.717) is 43.9 Å². The van der Waals surface area contributed by atoms with Gasteiger partial charge in [-0.15, -0.1) is 12.4 Å². The molecular formula is C20H29ClFN3O3. The molecule has 2 fully saturated rings. The van der Waals surface area contributed by atoms with E-state index in [9.17, 15) is 14.0 Å². The molecule has 0 unspecified atom stereocenters. The Balaban J connectivity index is 0.00000280. The van der Waals surface area contributed by atoms with Crippen LogP contribution < -0.4 is 5.32 Å². The normalized spacial score (nSPS) is 19.1. The van der Waals surface area contributed by atoms with E-state index in [1.807, 2.05) is 4.90 Å². The molecule has 0 bridgehead atoms. The molecule has 2 saturated heterocycles. The molecule has 2 amide bonds. The van der Waals surface area contributed by atoms with Gasteiger partial charge < -0.3 is 19.9 Å². The molecule has 6 nitrogen and oxygen atoms in total. The Labute approximate surface area is 171 Å². The number of ether oxygens (including phenoxy) is 1. The molecule has 8 heteroatoms. The molecule has 1 aromatic rings. The fourth-order valence-corrected chi connectivity index (χ4v) is 3.96. The molecule has 2 heterocycles. The van der Waals surface area contributed by atoms with Gasteiger partial charge in [0.15, 0.2) is 0 Å². The zero-order valence-corrected chi connectivity index (χ0v) is 17.3. The Hall–Kier alpha value is -1.70. The quantitative estimate of drug-likeness (QED) is 0.818. The SMILES string of the molecule is COCC1(C(=O)N2CCN(C(=O)c3ccc(C)c(F)c3)CC2)CCNCC1.Cl. The van der Waals surface area contributed by atoms with Crippen LogP contribution in [-0.4, -0.2) is 74.6 Å². The number of piperidine rings is 1. The van der Waals surface area contributed by atoms with Gasteiger partial charge in [0.25, 0.3) is 5.91 Å².